The van der Waals surface area contributed by atoms with Crippen LogP contribution in [-0.2, 0) is 10.0 Å². The highest BCUT2D eigenvalue weighted by atomic mass is 32.2. The highest BCUT2D eigenvalue weighted by Gasteiger charge is 2.20. The number of anilines is 1. The van der Waals surface area contributed by atoms with Crippen molar-refractivity contribution >= 4 is 21.6 Å². The van der Waals surface area contributed by atoms with Crippen molar-refractivity contribution < 1.29 is 13.2 Å². The Labute approximate surface area is 174 Å². The van der Waals surface area contributed by atoms with E-state index < -0.39 is 10.0 Å². The lowest BCUT2D eigenvalue weighted by Gasteiger charge is -2.22. The van der Waals surface area contributed by atoms with Crippen molar-refractivity contribution in [3.63, 3.8) is 0 Å². The molecule has 0 radical (unpaired) electrons. The summed E-state index contributed by atoms with van der Waals surface area (Å²) < 4.78 is 28.1. The van der Waals surface area contributed by atoms with Gasteiger partial charge in [0.05, 0.1) is 10.6 Å². The van der Waals surface area contributed by atoms with Crippen LogP contribution < -0.4 is 10.0 Å². The van der Waals surface area contributed by atoms with Gasteiger partial charge in [-0.25, -0.2) is 8.42 Å². The third-order valence-electron chi connectivity index (χ3n) is 5.59. The number of benzene rings is 2. The van der Waals surface area contributed by atoms with Crippen LogP contribution in [0.1, 0.15) is 66.4 Å². The molecule has 6 heteroatoms. The van der Waals surface area contributed by atoms with Crippen molar-refractivity contribution in [3.8, 4) is 0 Å². The quantitative estimate of drug-likeness (QED) is 0.727. The van der Waals surface area contributed by atoms with Crippen LogP contribution in [-0.4, -0.2) is 20.4 Å². The van der Waals surface area contributed by atoms with Gasteiger partial charge in [0.25, 0.3) is 15.9 Å². The summed E-state index contributed by atoms with van der Waals surface area (Å²) >= 11 is 0. The maximum Gasteiger partial charge on any atom is 0.261 e. The van der Waals surface area contributed by atoms with Crippen molar-refractivity contribution in [2.75, 3.05) is 4.72 Å². The predicted octanol–water partition coefficient (Wildman–Crippen LogP) is 4.95. The van der Waals surface area contributed by atoms with E-state index in [1.54, 1.807) is 49.4 Å². The zero-order valence-corrected chi connectivity index (χ0v) is 18.0. The second kappa shape index (κ2) is 9.44. The molecule has 0 aromatic heterocycles. The minimum absolute atomic E-state index is 0.135. The van der Waals surface area contributed by atoms with E-state index in [4.69, 9.17) is 0 Å². The van der Waals surface area contributed by atoms with Gasteiger partial charge >= 0.3 is 0 Å². The Balaban J connectivity index is 1.76. The van der Waals surface area contributed by atoms with E-state index in [1.165, 1.54) is 19.3 Å². The molecule has 5 nitrogen and oxygen atoms in total. The van der Waals surface area contributed by atoms with Gasteiger partial charge in [0.2, 0.25) is 0 Å². The molecule has 2 aromatic carbocycles. The largest absolute Gasteiger partial charge is 0.349 e. The molecule has 2 aromatic rings. The first-order chi connectivity index (χ1) is 13.9. The maximum atomic E-state index is 12.9. The van der Waals surface area contributed by atoms with Gasteiger partial charge in [-0.05, 0) is 56.5 Å². The Morgan fingerprint density at radius 2 is 1.52 bits per heavy atom. The summed E-state index contributed by atoms with van der Waals surface area (Å²) in [6.07, 6.45) is 8.02. The van der Waals surface area contributed by atoms with Crippen LogP contribution in [0.4, 0.5) is 5.69 Å². The van der Waals surface area contributed by atoms with E-state index in [-0.39, 0.29) is 16.8 Å². The number of nitrogens with one attached hydrogen (secondary N) is 2. The second-order valence-corrected chi connectivity index (χ2v) is 9.59. The lowest BCUT2D eigenvalue weighted by molar-refractivity contribution is 0.0930. The molecule has 1 saturated carbocycles. The molecular formula is C23H30N2O3S. The van der Waals surface area contributed by atoms with Crippen LogP contribution in [0.3, 0.4) is 0 Å². The molecule has 2 N–H and O–H groups in total. The summed E-state index contributed by atoms with van der Waals surface area (Å²) in [4.78, 5) is 13.1. The van der Waals surface area contributed by atoms with Crippen molar-refractivity contribution in [1.82, 2.24) is 5.32 Å². The van der Waals surface area contributed by atoms with Crippen molar-refractivity contribution in [1.29, 1.82) is 0 Å². The van der Waals surface area contributed by atoms with Crippen molar-refractivity contribution in [3.05, 3.63) is 59.2 Å². The number of amides is 1. The van der Waals surface area contributed by atoms with Gasteiger partial charge in [0.1, 0.15) is 0 Å². The summed E-state index contributed by atoms with van der Waals surface area (Å²) in [5.41, 5.74) is 2.56. The summed E-state index contributed by atoms with van der Waals surface area (Å²) in [6.45, 7) is 3.69. The van der Waals surface area contributed by atoms with Gasteiger partial charge in [-0.1, -0.05) is 55.9 Å². The van der Waals surface area contributed by atoms with Gasteiger partial charge < -0.3 is 5.32 Å². The van der Waals surface area contributed by atoms with E-state index in [0.29, 0.717) is 16.8 Å². The monoisotopic (exact) mass is 414 g/mol. The van der Waals surface area contributed by atoms with Gasteiger partial charge in [0, 0.05) is 11.6 Å². The molecule has 156 valence electrons. The normalized spacial score (nSPS) is 15.9. The first-order valence-corrected chi connectivity index (χ1v) is 11.8. The number of carbonyl (C=O) groups is 1. The van der Waals surface area contributed by atoms with E-state index in [9.17, 15) is 13.2 Å². The topological polar surface area (TPSA) is 75.3 Å². The van der Waals surface area contributed by atoms with E-state index in [0.717, 1.165) is 31.2 Å². The van der Waals surface area contributed by atoms with E-state index in [1.807, 2.05) is 6.92 Å². The van der Waals surface area contributed by atoms with Crippen molar-refractivity contribution in [2.45, 2.75) is 69.7 Å². The Bertz CT molecular complexity index is 945. The first-order valence-electron chi connectivity index (χ1n) is 10.4. The van der Waals surface area contributed by atoms with Gasteiger partial charge in [0.15, 0.2) is 0 Å². The highest BCUT2D eigenvalue weighted by molar-refractivity contribution is 7.92. The molecule has 0 saturated heterocycles. The lowest BCUT2D eigenvalue weighted by Crippen LogP contribution is -2.35. The smallest absolute Gasteiger partial charge is 0.261 e. The molecule has 0 unspecified atom stereocenters. The first kappa shape index (κ1) is 21.4. The summed E-state index contributed by atoms with van der Waals surface area (Å²) in [5.74, 6) is -0.135. The second-order valence-electron chi connectivity index (χ2n) is 7.91. The van der Waals surface area contributed by atoms with Gasteiger partial charge in [-0.3, -0.25) is 9.52 Å². The summed E-state index contributed by atoms with van der Waals surface area (Å²) in [5, 5.41) is 3.16. The zero-order valence-electron chi connectivity index (χ0n) is 17.2. The minimum atomic E-state index is -3.71. The molecule has 1 fully saturated rings. The Hall–Kier alpha value is -2.34. The maximum absolute atomic E-state index is 12.9. The minimum Gasteiger partial charge on any atom is -0.349 e. The van der Waals surface area contributed by atoms with E-state index in [2.05, 4.69) is 10.0 Å². The molecule has 1 aliphatic carbocycles. The van der Waals surface area contributed by atoms with Gasteiger partial charge in [-0.2, -0.15) is 0 Å². The third-order valence-corrected chi connectivity index (χ3v) is 6.98. The molecule has 29 heavy (non-hydrogen) atoms. The number of carbonyl (C=O) groups excluding carboxylic acids is 1. The SMILES string of the molecule is Cc1ccc(S(=O)(=O)Nc2cccc(C(=O)NC3CCCCCCC3)c2C)cc1. The molecule has 0 aliphatic heterocycles. The van der Waals surface area contributed by atoms with Crippen LogP contribution in [0.25, 0.3) is 0 Å². The average Bonchev–Trinajstić information content (AvgIpc) is 2.65. The third kappa shape index (κ3) is 5.60. The van der Waals surface area contributed by atoms with Crippen LogP contribution >= 0.6 is 0 Å². The number of aryl methyl sites for hydroxylation is 1. The fourth-order valence-electron chi connectivity index (χ4n) is 3.78. The average molecular weight is 415 g/mol. The van der Waals surface area contributed by atoms with Crippen LogP contribution in [0, 0.1) is 13.8 Å². The molecular weight excluding hydrogens is 384 g/mol. The van der Waals surface area contributed by atoms with Crippen LogP contribution in [0.5, 0.6) is 0 Å². The van der Waals surface area contributed by atoms with Crippen molar-refractivity contribution in [2.24, 2.45) is 0 Å². The van der Waals surface area contributed by atoms with Crippen LogP contribution in [0.2, 0.25) is 0 Å². The standard InChI is InChI=1S/C23H30N2O3S/c1-17-13-15-20(16-14-17)29(27,28)25-22-12-8-11-21(18(22)2)23(26)24-19-9-6-4-3-5-7-10-19/h8,11-16,19,25H,3-7,9-10H2,1-2H3,(H,24,26). The lowest BCUT2D eigenvalue weighted by atomic mass is 9.96. The Kier molecular flexibility index (Phi) is 6.96. The molecule has 3 rings (SSSR count). The van der Waals surface area contributed by atoms with Gasteiger partial charge in [-0.15, -0.1) is 0 Å². The molecule has 1 aliphatic rings. The number of hydrogen-bond acceptors (Lipinski definition) is 3. The summed E-state index contributed by atoms with van der Waals surface area (Å²) in [6, 6.07) is 12.0. The van der Waals surface area contributed by atoms with Crippen LogP contribution in [0.15, 0.2) is 47.4 Å². The molecule has 0 heterocycles. The predicted molar refractivity (Wildman–Crippen MR) is 117 cm³/mol. The number of rotatable bonds is 5. The summed E-state index contributed by atoms with van der Waals surface area (Å²) in [7, 11) is -3.71. The van der Waals surface area contributed by atoms with E-state index >= 15 is 0 Å². The molecule has 0 bridgehead atoms. The Morgan fingerprint density at radius 1 is 0.897 bits per heavy atom. The fourth-order valence-corrected chi connectivity index (χ4v) is 4.90. The Morgan fingerprint density at radius 3 is 2.17 bits per heavy atom. The number of sulfonamides is 1. The zero-order chi connectivity index (χ0) is 20.9. The number of hydrogen-bond donors (Lipinski definition) is 2. The fraction of sp³-hybridized carbons (Fsp3) is 0.435. The molecule has 0 atom stereocenters. The molecule has 0 spiro atoms. The highest BCUT2D eigenvalue weighted by Crippen LogP contribution is 2.24. The molecule has 1 amide bonds.